The van der Waals surface area contributed by atoms with Crippen molar-refractivity contribution in [1.82, 2.24) is 0 Å². The van der Waals surface area contributed by atoms with E-state index in [2.05, 4.69) is 10.6 Å². The molecule has 0 aromatic heterocycles. The zero-order valence-corrected chi connectivity index (χ0v) is 17.0. The third-order valence-electron chi connectivity index (χ3n) is 4.77. The Morgan fingerprint density at radius 1 is 0.862 bits per heavy atom. The number of urea groups is 1. The molecule has 0 aliphatic carbocycles. The highest BCUT2D eigenvalue weighted by molar-refractivity contribution is 6.04. The second kappa shape index (κ2) is 8.61. The highest BCUT2D eigenvalue weighted by atomic mass is 16.5. The predicted octanol–water partition coefficient (Wildman–Crippen LogP) is 5.74. The number of aryl methyl sites for hydroxylation is 3. The maximum absolute atomic E-state index is 12.6. The van der Waals surface area contributed by atoms with Crippen molar-refractivity contribution in [3.63, 3.8) is 0 Å². The molecule has 0 saturated carbocycles. The lowest BCUT2D eigenvalue weighted by Gasteiger charge is -2.15. The first-order chi connectivity index (χ1) is 13.9. The molecule has 2 N–H and O–H groups in total. The molecular weight excluding hydrogens is 364 g/mol. The van der Waals surface area contributed by atoms with Crippen LogP contribution in [-0.2, 0) is 0 Å². The van der Waals surface area contributed by atoms with Gasteiger partial charge in [-0.25, -0.2) is 4.79 Å². The van der Waals surface area contributed by atoms with Gasteiger partial charge < -0.3 is 15.4 Å². The van der Waals surface area contributed by atoms with Gasteiger partial charge in [-0.05, 0) is 67.3 Å². The van der Waals surface area contributed by atoms with Crippen LogP contribution in [-0.4, -0.2) is 19.4 Å². The monoisotopic (exact) mass is 388 g/mol. The number of rotatable bonds is 5. The van der Waals surface area contributed by atoms with Gasteiger partial charge in [-0.15, -0.1) is 0 Å². The summed E-state index contributed by atoms with van der Waals surface area (Å²) < 4.78 is 5.19. The molecule has 5 heteroatoms. The number of nitrogens with one attached hydrogen (secondary N) is 2. The normalized spacial score (nSPS) is 10.3. The second-order valence-corrected chi connectivity index (χ2v) is 7.00. The molecule has 0 heterocycles. The van der Waals surface area contributed by atoms with Crippen LogP contribution in [0, 0.1) is 20.8 Å². The molecule has 0 bridgehead atoms. The number of aldehydes is 1. The number of anilines is 2. The smallest absolute Gasteiger partial charge is 0.323 e. The highest BCUT2D eigenvalue weighted by Gasteiger charge is 2.12. The number of benzene rings is 3. The zero-order chi connectivity index (χ0) is 21.0. The number of ether oxygens (including phenoxy) is 1. The molecule has 0 aliphatic rings. The van der Waals surface area contributed by atoms with E-state index in [0.29, 0.717) is 11.3 Å². The third-order valence-corrected chi connectivity index (χ3v) is 4.77. The van der Waals surface area contributed by atoms with E-state index < -0.39 is 6.03 Å². The molecule has 148 valence electrons. The van der Waals surface area contributed by atoms with Crippen LogP contribution in [0.3, 0.4) is 0 Å². The topological polar surface area (TPSA) is 67.4 Å². The first kappa shape index (κ1) is 20.1. The lowest BCUT2D eigenvalue weighted by molar-refractivity contribution is 0.112. The fourth-order valence-corrected chi connectivity index (χ4v) is 3.37. The molecule has 0 aliphatic heterocycles. The maximum Gasteiger partial charge on any atom is 0.323 e. The lowest BCUT2D eigenvalue weighted by atomic mass is 10.0. The maximum atomic E-state index is 12.6. The fraction of sp³-hybridized carbons (Fsp3) is 0.167. The van der Waals surface area contributed by atoms with Crippen LogP contribution in [0.4, 0.5) is 16.2 Å². The van der Waals surface area contributed by atoms with Crippen molar-refractivity contribution in [1.29, 1.82) is 0 Å². The minimum atomic E-state index is -0.393. The van der Waals surface area contributed by atoms with E-state index in [1.807, 2.05) is 63.2 Å². The number of carbonyl (C=O) groups excluding carboxylic acids is 2. The van der Waals surface area contributed by atoms with Crippen LogP contribution >= 0.6 is 0 Å². The van der Waals surface area contributed by atoms with Gasteiger partial charge in [0.25, 0.3) is 0 Å². The molecule has 3 aromatic rings. The molecule has 0 radical (unpaired) electrons. The Bertz CT molecular complexity index is 1030. The molecule has 3 aromatic carbocycles. The molecule has 0 spiro atoms. The van der Waals surface area contributed by atoms with Crippen molar-refractivity contribution in [2.24, 2.45) is 0 Å². The average molecular weight is 388 g/mol. The number of methoxy groups -OCH3 is 1. The molecule has 0 saturated heterocycles. The van der Waals surface area contributed by atoms with Gasteiger partial charge in [0.05, 0.1) is 12.8 Å². The standard InChI is InChI=1S/C24H24N2O3/c1-15-11-16(2)23(17(3)12-15)26-24(28)25-22-13-19(5-6-20(22)14-27)18-7-9-21(29-4)10-8-18/h5-14H,1-4H3,(H2,25,26,28). The summed E-state index contributed by atoms with van der Waals surface area (Å²) in [7, 11) is 1.62. The van der Waals surface area contributed by atoms with E-state index in [9.17, 15) is 9.59 Å². The first-order valence-corrected chi connectivity index (χ1v) is 9.30. The summed E-state index contributed by atoms with van der Waals surface area (Å²) in [6.45, 7) is 5.93. The Kier molecular flexibility index (Phi) is 5.98. The number of amides is 2. The predicted molar refractivity (Wildman–Crippen MR) is 117 cm³/mol. The van der Waals surface area contributed by atoms with Gasteiger partial charge in [-0.3, -0.25) is 4.79 Å². The molecule has 29 heavy (non-hydrogen) atoms. The van der Waals surface area contributed by atoms with Gasteiger partial charge >= 0.3 is 6.03 Å². The average Bonchev–Trinajstić information content (AvgIpc) is 2.70. The van der Waals surface area contributed by atoms with Crippen LogP contribution in [0.2, 0.25) is 0 Å². The Hall–Kier alpha value is -3.60. The minimum absolute atomic E-state index is 0.393. The summed E-state index contributed by atoms with van der Waals surface area (Å²) in [6, 6.07) is 16.6. The molecule has 2 amide bonds. The van der Waals surface area contributed by atoms with Crippen LogP contribution in [0.5, 0.6) is 5.75 Å². The van der Waals surface area contributed by atoms with Crippen molar-refractivity contribution >= 4 is 23.7 Å². The van der Waals surface area contributed by atoms with Gasteiger partial charge in [-0.2, -0.15) is 0 Å². The lowest BCUT2D eigenvalue weighted by Crippen LogP contribution is -2.21. The Balaban J connectivity index is 1.85. The van der Waals surface area contributed by atoms with E-state index in [4.69, 9.17) is 4.74 Å². The van der Waals surface area contributed by atoms with E-state index in [-0.39, 0.29) is 0 Å². The summed E-state index contributed by atoms with van der Waals surface area (Å²) in [5.41, 5.74) is 6.59. The van der Waals surface area contributed by atoms with Crippen LogP contribution in [0.1, 0.15) is 27.0 Å². The molecular formula is C24H24N2O3. The molecule has 0 unspecified atom stereocenters. The zero-order valence-electron chi connectivity index (χ0n) is 17.0. The molecule has 5 nitrogen and oxygen atoms in total. The van der Waals surface area contributed by atoms with Crippen molar-refractivity contribution in [2.75, 3.05) is 17.7 Å². The van der Waals surface area contributed by atoms with Crippen LogP contribution in [0.15, 0.2) is 54.6 Å². The van der Waals surface area contributed by atoms with Crippen molar-refractivity contribution in [3.05, 3.63) is 76.9 Å². The molecule has 3 rings (SSSR count). The summed E-state index contributed by atoms with van der Waals surface area (Å²) in [4.78, 5) is 24.1. The molecule has 0 atom stereocenters. The van der Waals surface area contributed by atoms with Crippen LogP contribution < -0.4 is 15.4 Å². The van der Waals surface area contributed by atoms with E-state index in [0.717, 1.165) is 45.5 Å². The Morgan fingerprint density at radius 2 is 1.48 bits per heavy atom. The minimum Gasteiger partial charge on any atom is -0.497 e. The number of hydrogen-bond acceptors (Lipinski definition) is 3. The first-order valence-electron chi connectivity index (χ1n) is 9.30. The van der Waals surface area contributed by atoms with E-state index >= 15 is 0 Å². The SMILES string of the molecule is COc1ccc(-c2ccc(C=O)c(NC(=O)Nc3c(C)cc(C)cc3C)c2)cc1. The summed E-state index contributed by atoms with van der Waals surface area (Å²) in [6.07, 6.45) is 0.732. The van der Waals surface area contributed by atoms with Crippen LogP contribution in [0.25, 0.3) is 11.1 Å². The largest absolute Gasteiger partial charge is 0.497 e. The van der Waals surface area contributed by atoms with Crippen molar-refractivity contribution < 1.29 is 14.3 Å². The fourth-order valence-electron chi connectivity index (χ4n) is 3.37. The molecule has 0 fully saturated rings. The van der Waals surface area contributed by atoms with Gasteiger partial charge in [-0.1, -0.05) is 35.9 Å². The number of carbonyl (C=O) groups is 2. The summed E-state index contributed by atoms with van der Waals surface area (Å²) >= 11 is 0. The summed E-state index contributed by atoms with van der Waals surface area (Å²) in [5, 5.41) is 5.70. The quantitative estimate of drug-likeness (QED) is 0.547. The van der Waals surface area contributed by atoms with Gasteiger partial charge in [0, 0.05) is 11.3 Å². The Morgan fingerprint density at radius 3 is 2.07 bits per heavy atom. The summed E-state index contributed by atoms with van der Waals surface area (Å²) in [5.74, 6) is 0.764. The Labute approximate surface area is 170 Å². The highest BCUT2D eigenvalue weighted by Crippen LogP contribution is 2.27. The van der Waals surface area contributed by atoms with Gasteiger partial charge in [0.2, 0.25) is 0 Å². The van der Waals surface area contributed by atoms with E-state index in [1.54, 1.807) is 19.2 Å². The van der Waals surface area contributed by atoms with Gasteiger partial charge in [0.15, 0.2) is 6.29 Å². The second-order valence-electron chi connectivity index (χ2n) is 7.00. The third kappa shape index (κ3) is 4.63. The number of hydrogen-bond donors (Lipinski definition) is 2. The van der Waals surface area contributed by atoms with Crippen molar-refractivity contribution in [2.45, 2.75) is 20.8 Å². The van der Waals surface area contributed by atoms with Gasteiger partial charge in [0.1, 0.15) is 5.75 Å². The van der Waals surface area contributed by atoms with E-state index in [1.165, 1.54) is 0 Å². The van der Waals surface area contributed by atoms with Crippen molar-refractivity contribution in [3.8, 4) is 16.9 Å².